The van der Waals surface area contributed by atoms with E-state index in [1.165, 1.54) is 6.08 Å². The van der Waals surface area contributed by atoms with E-state index in [-0.39, 0.29) is 5.91 Å². The average Bonchev–Trinajstić information content (AvgIpc) is 3.11. The molecule has 0 bridgehead atoms. The van der Waals surface area contributed by atoms with Gasteiger partial charge in [-0.1, -0.05) is 18.2 Å². The van der Waals surface area contributed by atoms with E-state index in [0.717, 1.165) is 27.8 Å². The third kappa shape index (κ3) is 4.47. The van der Waals surface area contributed by atoms with Crippen molar-refractivity contribution in [1.29, 1.82) is 0 Å². The van der Waals surface area contributed by atoms with Gasteiger partial charge in [-0.2, -0.15) is 0 Å². The molecule has 0 aliphatic rings. The minimum Gasteiger partial charge on any atom is -0.495 e. The molecule has 3 aromatic rings. The maximum Gasteiger partial charge on any atom is 0.244 e. The molecule has 2 N–H and O–H groups in total. The lowest BCUT2D eigenvalue weighted by Gasteiger charge is -2.08. The molecule has 6 nitrogen and oxygen atoms in total. The zero-order valence-corrected chi connectivity index (χ0v) is 15.5. The number of hydrogen-bond acceptors (Lipinski definition) is 4. The molecule has 0 spiro atoms. The Bertz CT molecular complexity index is 947. The van der Waals surface area contributed by atoms with Crippen molar-refractivity contribution < 1.29 is 14.3 Å². The van der Waals surface area contributed by atoms with Crippen molar-refractivity contribution in [2.45, 2.75) is 13.3 Å². The van der Waals surface area contributed by atoms with E-state index in [2.05, 4.69) is 15.3 Å². The van der Waals surface area contributed by atoms with Gasteiger partial charge in [0.1, 0.15) is 5.75 Å². The molecule has 0 aliphatic carbocycles. The van der Waals surface area contributed by atoms with Crippen LogP contribution in [0.3, 0.4) is 0 Å². The van der Waals surface area contributed by atoms with Crippen molar-refractivity contribution >= 4 is 22.9 Å². The number of carbonyl (C=O) groups excluding carboxylic acids is 1. The molecule has 1 amide bonds. The van der Waals surface area contributed by atoms with Crippen molar-refractivity contribution in [1.82, 2.24) is 15.3 Å². The first-order valence-electron chi connectivity index (χ1n) is 8.89. The van der Waals surface area contributed by atoms with Gasteiger partial charge in [-0.05, 0) is 31.6 Å². The Hall–Kier alpha value is -3.28. The summed E-state index contributed by atoms with van der Waals surface area (Å²) >= 11 is 0. The summed E-state index contributed by atoms with van der Waals surface area (Å²) in [6.45, 7) is 3.00. The minimum absolute atomic E-state index is 0.144. The van der Waals surface area contributed by atoms with Gasteiger partial charge in [0.15, 0.2) is 0 Å². The maximum absolute atomic E-state index is 12.1. The summed E-state index contributed by atoms with van der Waals surface area (Å²) in [5.41, 5.74) is 2.83. The van der Waals surface area contributed by atoms with Crippen LogP contribution < -0.4 is 14.8 Å². The van der Waals surface area contributed by atoms with Gasteiger partial charge in [-0.25, -0.2) is 4.98 Å². The fourth-order valence-electron chi connectivity index (χ4n) is 2.88. The molecule has 1 aromatic carbocycles. The highest BCUT2D eigenvalue weighted by Crippen LogP contribution is 2.27. The van der Waals surface area contributed by atoms with Crippen molar-refractivity contribution in [2.24, 2.45) is 0 Å². The van der Waals surface area contributed by atoms with E-state index in [0.29, 0.717) is 25.5 Å². The van der Waals surface area contributed by atoms with Crippen LogP contribution in [0.25, 0.3) is 17.0 Å². The smallest absolute Gasteiger partial charge is 0.244 e. The van der Waals surface area contributed by atoms with Gasteiger partial charge >= 0.3 is 0 Å². The number of benzene rings is 1. The zero-order valence-electron chi connectivity index (χ0n) is 15.5. The zero-order chi connectivity index (χ0) is 19.1. The monoisotopic (exact) mass is 365 g/mol. The molecule has 0 saturated heterocycles. The number of rotatable bonds is 8. The van der Waals surface area contributed by atoms with Crippen LogP contribution in [0.15, 0.2) is 48.8 Å². The van der Waals surface area contributed by atoms with Gasteiger partial charge in [-0.3, -0.25) is 4.79 Å². The molecule has 2 aromatic heterocycles. The third-order valence-corrected chi connectivity index (χ3v) is 4.17. The number of H-pyrrole nitrogens is 1. The first-order chi connectivity index (χ1) is 13.2. The molecule has 27 heavy (non-hydrogen) atoms. The molecule has 6 heteroatoms. The van der Waals surface area contributed by atoms with Gasteiger partial charge in [0.25, 0.3) is 0 Å². The molecular weight excluding hydrogens is 342 g/mol. The highest BCUT2D eigenvalue weighted by molar-refractivity contribution is 5.97. The summed E-state index contributed by atoms with van der Waals surface area (Å²) in [5.74, 6) is 1.25. The number of ether oxygens (including phenoxy) is 2. The van der Waals surface area contributed by atoms with Crippen LogP contribution in [0.4, 0.5) is 0 Å². The van der Waals surface area contributed by atoms with Crippen LogP contribution in [-0.2, 0) is 11.2 Å². The number of para-hydroxylation sites is 1. The predicted molar refractivity (Wildman–Crippen MR) is 106 cm³/mol. The lowest BCUT2D eigenvalue weighted by molar-refractivity contribution is -0.116. The van der Waals surface area contributed by atoms with E-state index >= 15 is 0 Å². The second kappa shape index (κ2) is 8.89. The van der Waals surface area contributed by atoms with E-state index in [9.17, 15) is 4.79 Å². The van der Waals surface area contributed by atoms with E-state index < -0.39 is 0 Å². The molecule has 0 unspecified atom stereocenters. The van der Waals surface area contributed by atoms with Crippen LogP contribution >= 0.6 is 0 Å². The van der Waals surface area contributed by atoms with Crippen LogP contribution in [0.1, 0.15) is 18.1 Å². The lowest BCUT2D eigenvalue weighted by atomic mass is 10.1. The van der Waals surface area contributed by atoms with Gasteiger partial charge in [0.2, 0.25) is 11.8 Å². The Labute approximate surface area is 158 Å². The molecule has 0 fully saturated rings. The number of aromatic amines is 1. The summed E-state index contributed by atoms with van der Waals surface area (Å²) in [7, 11) is 1.64. The van der Waals surface area contributed by atoms with Crippen LogP contribution in [0, 0.1) is 0 Å². The topological polar surface area (TPSA) is 76.2 Å². The molecule has 0 radical (unpaired) electrons. The summed E-state index contributed by atoms with van der Waals surface area (Å²) < 4.78 is 10.8. The highest BCUT2D eigenvalue weighted by Gasteiger charge is 2.07. The maximum atomic E-state index is 12.1. The van der Waals surface area contributed by atoms with E-state index in [1.54, 1.807) is 19.4 Å². The number of fused-ring (bicyclic) bond motifs is 1. The lowest BCUT2D eigenvalue weighted by Crippen LogP contribution is -2.23. The van der Waals surface area contributed by atoms with E-state index in [1.807, 2.05) is 43.5 Å². The molecular formula is C21H23N3O3. The molecule has 0 saturated carbocycles. The number of hydrogen-bond donors (Lipinski definition) is 2. The normalized spacial score (nSPS) is 11.0. The fraction of sp³-hybridized carbons (Fsp3) is 0.238. The first kappa shape index (κ1) is 18.5. The summed E-state index contributed by atoms with van der Waals surface area (Å²) in [4.78, 5) is 19.5. The van der Waals surface area contributed by atoms with Gasteiger partial charge in [0, 0.05) is 41.5 Å². The summed E-state index contributed by atoms with van der Waals surface area (Å²) in [6.07, 6.45) is 7.55. The number of amides is 1. The van der Waals surface area contributed by atoms with Crippen molar-refractivity contribution in [3.63, 3.8) is 0 Å². The molecule has 3 rings (SSSR count). The largest absolute Gasteiger partial charge is 0.495 e. The predicted octanol–water partition coefficient (Wildman–Crippen LogP) is 3.34. The molecule has 140 valence electrons. The second-order valence-corrected chi connectivity index (χ2v) is 5.90. The SMILES string of the molecule is CCOc1ncccc1CCNC(=O)/C=C/c1c[nH]c2c(OC)cccc12. The Morgan fingerprint density at radius 3 is 3.00 bits per heavy atom. The third-order valence-electron chi connectivity index (χ3n) is 4.17. The number of aromatic nitrogens is 2. The van der Waals surface area contributed by atoms with Gasteiger partial charge in [-0.15, -0.1) is 0 Å². The Morgan fingerprint density at radius 2 is 2.19 bits per heavy atom. The van der Waals surface area contributed by atoms with Crippen LogP contribution in [-0.4, -0.2) is 36.1 Å². The van der Waals surface area contributed by atoms with Crippen molar-refractivity contribution in [3.8, 4) is 11.6 Å². The quantitative estimate of drug-likeness (QED) is 0.600. The highest BCUT2D eigenvalue weighted by atomic mass is 16.5. The number of carbonyl (C=O) groups is 1. The van der Waals surface area contributed by atoms with Crippen molar-refractivity contribution in [3.05, 3.63) is 59.9 Å². The number of nitrogens with zero attached hydrogens (tertiary/aromatic N) is 1. The Balaban J connectivity index is 1.59. The van der Waals surface area contributed by atoms with Crippen LogP contribution in [0.2, 0.25) is 0 Å². The van der Waals surface area contributed by atoms with Crippen molar-refractivity contribution in [2.75, 3.05) is 20.3 Å². The molecule has 0 aliphatic heterocycles. The second-order valence-electron chi connectivity index (χ2n) is 5.90. The fourth-order valence-corrected chi connectivity index (χ4v) is 2.88. The number of nitrogens with one attached hydrogen (secondary N) is 2. The Kier molecular flexibility index (Phi) is 6.10. The Morgan fingerprint density at radius 1 is 1.30 bits per heavy atom. The number of pyridine rings is 1. The van der Waals surface area contributed by atoms with Gasteiger partial charge in [0.05, 0.1) is 19.2 Å². The van der Waals surface area contributed by atoms with Crippen LogP contribution in [0.5, 0.6) is 11.6 Å². The molecule has 2 heterocycles. The summed E-state index contributed by atoms with van der Waals surface area (Å²) in [6, 6.07) is 9.64. The van der Waals surface area contributed by atoms with Gasteiger partial charge < -0.3 is 19.8 Å². The standard InChI is InChI=1S/C21H23N3O3/c1-3-27-21-15(6-5-12-23-21)11-13-22-19(25)10-9-16-14-24-20-17(16)7-4-8-18(20)26-2/h4-10,12,14,24H,3,11,13H2,1-2H3,(H,22,25)/b10-9+. The summed E-state index contributed by atoms with van der Waals surface area (Å²) in [5, 5.41) is 3.90. The number of methoxy groups -OCH3 is 1. The average molecular weight is 365 g/mol. The first-order valence-corrected chi connectivity index (χ1v) is 8.89. The van der Waals surface area contributed by atoms with E-state index in [4.69, 9.17) is 9.47 Å². The molecule has 0 atom stereocenters. The minimum atomic E-state index is -0.144.